The van der Waals surface area contributed by atoms with Crippen molar-refractivity contribution in [3.8, 4) is 11.1 Å². The summed E-state index contributed by atoms with van der Waals surface area (Å²) in [6.07, 6.45) is 3.30. The maximum atomic E-state index is 13.9. The number of rotatable bonds is 8. The first-order valence-corrected chi connectivity index (χ1v) is 8.48. The van der Waals surface area contributed by atoms with E-state index in [1.807, 2.05) is 18.2 Å². The SMILES string of the molecule is CN=CC(C=N)=C(N)c1cc(-c2ccc(F)c(N)c2NCC=O)ccc1NC. The standard InChI is InChI=1S/C20H23FN6O/c1-25-11-13(10-22)18(23)15-9-12(3-6-17(15)26-2)14-4-5-16(21)19(24)20(14)27-7-8-28/h3-6,8-11,22,26-27H,7,23-24H2,1-2H3. The Morgan fingerprint density at radius 3 is 2.68 bits per heavy atom. The average Bonchev–Trinajstić information content (AvgIpc) is 2.72. The second-order valence-corrected chi connectivity index (χ2v) is 5.84. The molecule has 0 aliphatic carbocycles. The van der Waals surface area contributed by atoms with Gasteiger partial charge in [0.2, 0.25) is 0 Å². The molecule has 2 aromatic rings. The van der Waals surface area contributed by atoms with E-state index < -0.39 is 5.82 Å². The number of nitrogen functional groups attached to an aromatic ring is 1. The fourth-order valence-electron chi connectivity index (χ4n) is 2.80. The van der Waals surface area contributed by atoms with E-state index >= 15 is 0 Å². The van der Waals surface area contributed by atoms with Gasteiger partial charge in [-0.15, -0.1) is 0 Å². The lowest BCUT2D eigenvalue weighted by Gasteiger charge is -2.17. The highest BCUT2D eigenvalue weighted by Gasteiger charge is 2.15. The summed E-state index contributed by atoms with van der Waals surface area (Å²) in [5.74, 6) is -0.575. The molecule has 0 aliphatic heterocycles. The van der Waals surface area contributed by atoms with Crippen molar-refractivity contribution in [3.63, 3.8) is 0 Å². The Bertz CT molecular complexity index is 952. The van der Waals surface area contributed by atoms with Crippen LogP contribution >= 0.6 is 0 Å². The number of carbonyl (C=O) groups is 1. The zero-order valence-electron chi connectivity index (χ0n) is 15.7. The quantitative estimate of drug-likeness (QED) is 0.272. The molecule has 0 spiro atoms. The van der Waals surface area contributed by atoms with Gasteiger partial charge in [0, 0.05) is 48.9 Å². The Kier molecular flexibility index (Phi) is 6.86. The van der Waals surface area contributed by atoms with Crippen LogP contribution in [0.3, 0.4) is 0 Å². The summed E-state index contributed by atoms with van der Waals surface area (Å²) in [4.78, 5) is 14.7. The summed E-state index contributed by atoms with van der Waals surface area (Å²) in [6.45, 7) is -0.00489. The van der Waals surface area contributed by atoms with E-state index in [2.05, 4.69) is 15.6 Å². The normalized spacial score (nSPS) is 11.8. The fourth-order valence-corrected chi connectivity index (χ4v) is 2.80. The molecule has 0 radical (unpaired) electrons. The summed E-state index contributed by atoms with van der Waals surface area (Å²) in [5.41, 5.74) is 16.0. The maximum absolute atomic E-state index is 13.9. The number of nitrogens with zero attached hydrogens (tertiary/aromatic N) is 1. The highest BCUT2D eigenvalue weighted by Crippen LogP contribution is 2.37. The zero-order valence-corrected chi connectivity index (χ0v) is 15.7. The molecule has 7 nitrogen and oxygen atoms in total. The van der Waals surface area contributed by atoms with E-state index in [0.29, 0.717) is 34.4 Å². The van der Waals surface area contributed by atoms with E-state index in [1.165, 1.54) is 12.3 Å². The third kappa shape index (κ3) is 4.17. The number of aliphatic imine (C=N–C) groups is 1. The maximum Gasteiger partial charge on any atom is 0.148 e. The van der Waals surface area contributed by atoms with Crippen LogP contribution in [-0.2, 0) is 4.79 Å². The Labute approximate surface area is 162 Å². The van der Waals surface area contributed by atoms with E-state index in [9.17, 15) is 9.18 Å². The summed E-state index contributed by atoms with van der Waals surface area (Å²) in [7, 11) is 3.36. The van der Waals surface area contributed by atoms with Gasteiger partial charge in [-0.25, -0.2) is 4.39 Å². The van der Waals surface area contributed by atoms with E-state index in [-0.39, 0.29) is 12.2 Å². The molecule has 0 saturated heterocycles. The Balaban J connectivity index is 2.71. The Hall–Kier alpha value is -3.68. The van der Waals surface area contributed by atoms with Gasteiger partial charge in [-0.3, -0.25) is 4.99 Å². The van der Waals surface area contributed by atoms with Gasteiger partial charge in [0.25, 0.3) is 0 Å². The molecular formula is C20H23FN6O. The minimum atomic E-state index is -0.575. The minimum Gasteiger partial charge on any atom is -0.398 e. The summed E-state index contributed by atoms with van der Waals surface area (Å²) >= 11 is 0. The van der Waals surface area contributed by atoms with Crippen molar-refractivity contribution in [2.24, 2.45) is 10.7 Å². The van der Waals surface area contributed by atoms with E-state index in [4.69, 9.17) is 16.9 Å². The van der Waals surface area contributed by atoms with Crippen LogP contribution in [0.2, 0.25) is 0 Å². The van der Waals surface area contributed by atoms with Crippen LogP contribution < -0.4 is 22.1 Å². The summed E-state index contributed by atoms with van der Waals surface area (Å²) < 4.78 is 13.9. The molecule has 2 rings (SSSR count). The number of nitrogens with two attached hydrogens (primary N) is 2. The molecule has 0 unspecified atom stereocenters. The summed E-state index contributed by atoms with van der Waals surface area (Å²) in [5, 5.41) is 13.5. The molecule has 0 fully saturated rings. The van der Waals surface area contributed by atoms with Gasteiger partial charge in [0.05, 0.1) is 23.6 Å². The molecule has 0 saturated carbocycles. The molecule has 28 heavy (non-hydrogen) atoms. The molecule has 146 valence electrons. The second kappa shape index (κ2) is 9.31. The lowest BCUT2D eigenvalue weighted by atomic mass is 9.96. The first kappa shape index (κ1) is 20.6. The topological polar surface area (TPSA) is 129 Å². The van der Waals surface area contributed by atoms with Crippen LogP contribution in [0.4, 0.5) is 21.5 Å². The number of halogens is 1. The highest BCUT2D eigenvalue weighted by molar-refractivity contribution is 6.11. The number of aldehydes is 1. The fraction of sp³-hybridized carbons (Fsp3) is 0.150. The summed E-state index contributed by atoms with van der Waals surface area (Å²) in [6, 6.07) is 8.33. The van der Waals surface area contributed by atoms with Crippen molar-refractivity contribution >= 4 is 41.5 Å². The minimum absolute atomic E-state index is 0.00489. The number of hydrogen-bond acceptors (Lipinski definition) is 7. The molecular weight excluding hydrogens is 359 g/mol. The van der Waals surface area contributed by atoms with Gasteiger partial charge < -0.3 is 32.3 Å². The van der Waals surface area contributed by atoms with Gasteiger partial charge in [-0.1, -0.05) is 6.07 Å². The van der Waals surface area contributed by atoms with Crippen molar-refractivity contribution in [2.45, 2.75) is 0 Å². The lowest BCUT2D eigenvalue weighted by molar-refractivity contribution is -0.106. The first-order valence-electron chi connectivity index (χ1n) is 8.48. The highest BCUT2D eigenvalue weighted by atomic mass is 19.1. The molecule has 0 atom stereocenters. The van der Waals surface area contributed by atoms with Crippen molar-refractivity contribution < 1.29 is 9.18 Å². The molecule has 0 heterocycles. The van der Waals surface area contributed by atoms with Crippen molar-refractivity contribution in [2.75, 3.05) is 37.0 Å². The smallest absolute Gasteiger partial charge is 0.148 e. The van der Waals surface area contributed by atoms with Crippen molar-refractivity contribution in [3.05, 3.63) is 47.3 Å². The number of carbonyl (C=O) groups excluding carboxylic acids is 1. The van der Waals surface area contributed by atoms with Crippen molar-refractivity contribution in [1.29, 1.82) is 5.41 Å². The van der Waals surface area contributed by atoms with Crippen LogP contribution in [-0.4, -0.2) is 39.4 Å². The molecule has 0 bridgehead atoms. The predicted molar refractivity (Wildman–Crippen MR) is 115 cm³/mol. The number of allylic oxidation sites excluding steroid dienone is 1. The lowest BCUT2D eigenvalue weighted by Crippen LogP contribution is -2.09. The van der Waals surface area contributed by atoms with Gasteiger partial charge in [0.1, 0.15) is 12.1 Å². The molecule has 7 N–H and O–H groups in total. The molecule has 0 amide bonds. The monoisotopic (exact) mass is 382 g/mol. The largest absolute Gasteiger partial charge is 0.398 e. The molecule has 2 aromatic carbocycles. The molecule has 8 heteroatoms. The number of nitrogens with one attached hydrogen (secondary N) is 3. The van der Waals surface area contributed by atoms with Crippen LogP contribution in [0.25, 0.3) is 16.8 Å². The number of anilines is 3. The molecule has 0 aromatic heterocycles. The Morgan fingerprint density at radius 2 is 2.07 bits per heavy atom. The zero-order chi connectivity index (χ0) is 20.7. The van der Waals surface area contributed by atoms with Crippen molar-refractivity contribution in [1.82, 2.24) is 0 Å². The van der Waals surface area contributed by atoms with Crippen LogP contribution in [0.15, 0.2) is 40.9 Å². The van der Waals surface area contributed by atoms with Crippen LogP contribution in [0.1, 0.15) is 5.56 Å². The van der Waals surface area contributed by atoms with E-state index in [1.54, 1.807) is 20.2 Å². The second-order valence-electron chi connectivity index (χ2n) is 5.84. The number of benzene rings is 2. The van der Waals surface area contributed by atoms with Gasteiger partial charge in [0.15, 0.2) is 0 Å². The van der Waals surface area contributed by atoms with Gasteiger partial charge in [-0.05, 0) is 29.8 Å². The predicted octanol–water partition coefficient (Wildman–Crippen LogP) is 2.75. The van der Waals surface area contributed by atoms with Gasteiger partial charge >= 0.3 is 0 Å². The van der Waals surface area contributed by atoms with E-state index in [0.717, 1.165) is 17.5 Å². The Morgan fingerprint density at radius 1 is 1.32 bits per heavy atom. The first-order chi connectivity index (χ1) is 13.5. The molecule has 0 aliphatic rings. The van der Waals surface area contributed by atoms with Crippen LogP contribution in [0, 0.1) is 11.2 Å². The van der Waals surface area contributed by atoms with Crippen LogP contribution in [0.5, 0.6) is 0 Å². The average molecular weight is 382 g/mol. The third-order valence-corrected chi connectivity index (χ3v) is 4.18. The van der Waals surface area contributed by atoms with Gasteiger partial charge in [-0.2, -0.15) is 0 Å². The number of hydrogen-bond donors (Lipinski definition) is 5. The third-order valence-electron chi connectivity index (χ3n) is 4.18.